The molecule has 2 saturated heterocycles. The zero-order valence-corrected chi connectivity index (χ0v) is 24.1. The van der Waals surface area contributed by atoms with Crippen molar-refractivity contribution < 1.29 is 22.3 Å². The van der Waals surface area contributed by atoms with Crippen LogP contribution in [-0.4, -0.2) is 50.9 Å². The number of carbonyl (C=O) groups excluding carboxylic acids is 1. The molecule has 3 heterocycles. The van der Waals surface area contributed by atoms with E-state index in [1.807, 2.05) is 60.8 Å². The number of amides is 1. The SMILES string of the molecule is O=C1C(=Cc2cn(-c3ccccc3)nc2-c2ccc(OCc3ccc(F)cc3)cc2)SC(=S)N1C1CCS(=O)(=O)C1. The summed E-state index contributed by atoms with van der Waals surface area (Å²) in [5, 5.41) is 4.83. The molecule has 0 aliphatic carbocycles. The molecule has 3 aromatic carbocycles. The maximum Gasteiger partial charge on any atom is 0.266 e. The van der Waals surface area contributed by atoms with Gasteiger partial charge in [-0.25, -0.2) is 17.5 Å². The first-order chi connectivity index (χ1) is 19.8. The topological polar surface area (TPSA) is 81.5 Å². The summed E-state index contributed by atoms with van der Waals surface area (Å²) >= 11 is 6.66. The second-order valence-corrected chi connectivity index (χ2v) is 13.7. The Morgan fingerprint density at radius 3 is 2.46 bits per heavy atom. The lowest BCUT2D eigenvalue weighted by atomic mass is 10.1. The lowest BCUT2D eigenvalue weighted by Gasteiger charge is -2.20. The summed E-state index contributed by atoms with van der Waals surface area (Å²) < 4.78 is 45.2. The van der Waals surface area contributed by atoms with E-state index in [2.05, 4.69) is 0 Å². The normalized spacial score (nSPS) is 19.3. The summed E-state index contributed by atoms with van der Waals surface area (Å²) in [6, 6.07) is 22.8. The molecule has 1 amide bonds. The lowest BCUT2D eigenvalue weighted by Crippen LogP contribution is -2.39. The zero-order valence-electron chi connectivity index (χ0n) is 21.6. The van der Waals surface area contributed by atoms with Crippen LogP contribution in [0.5, 0.6) is 5.75 Å². The van der Waals surface area contributed by atoms with Gasteiger partial charge in [0.2, 0.25) is 0 Å². The summed E-state index contributed by atoms with van der Waals surface area (Å²) in [5.74, 6) is 0.0577. The molecule has 0 radical (unpaired) electrons. The molecule has 1 unspecified atom stereocenters. The Morgan fingerprint density at radius 2 is 1.78 bits per heavy atom. The van der Waals surface area contributed by atoms with E-state index < -0.39 is 15.9 Å². The van der Waals surface area contributed by atoms with Gasteiger partial charge in [-0.3, -0.25) is 9.69 Å². The summed E-state index contributed by atoms with van der Waals surface area (Å²) in [4.78, 5) is 15.3. The molecule has 6 rings (SSSR count). The van der Waals surface area contributed by atoms with Crippen LogP contribution in [0.2, 0.25) is 0 Å². The largest absolute Gasteiger partial charge is 0.489 e. The van der Waals surface area contributed by atoms with Gasteiger partial charge in [-0.2, -0.15) is 5.10 Å². The third-order valence-electron chi connectivity index (χ3n) is 6.89. The second kappa shape index (κ2) is 11.2. The van der Waals surface area contributed by atoms with Crippen molar-refractivity contribution in [3.8, 4) is 22.7 Å². The number of benzene rings is 3. The smallest absolute Gasteiger partial charge is 0.266 e. The summed E-state index contributed by atoms with van der Waals surface area (Å²) in [6.45, 7) is 0.303. The molecule has 2 aliphatic heterocycles. The Hall–Kier alpha value is -3.80. The molecular formula is C30H24FN3O4S3. The minimum absolute atomic E-state index is 0.0609. The highest BCUT2D eigenvalue weighted by atomic mass is 32.2. The van der Waals surface area contributed by atoms with E-state index in [0.29, 0.717) is 39.3 Å². The average Bonchev–Trinajstić information content (AvgIpc) is 3.63. The number of nitrogens with zero attached hydrogens (tertiary/aromatic N) is 3. The lowest BCUT2D eigenvalue weighted by molar-refractivity contribution is -0.123. The maximum atomic E-state index is 13.4. The molecule has 0 saturated carbocycles. The van der Waals surface area contributed by atoms with Gasteiger partial charge in [0, 0.05) is 17.3 Å². The van der Waals surface area contributed by atoms with Gasteiger partial charge in [0.05, 0.1) is 33.8 Å². The van der Waals surface area contributed by atoms with Crippen molar-refractivity contribution in [2.45, 2.75) is 19.1 Å². The van der Waals surface area contributed by atoms with Crippen molar-refractivity contribution in [3.63, 3.8) is 0 Å². The summed E-state index contributed by atoms with van der Waals surface area (Å²) in [5.41, 5.74) is 3.90. The van der Waals surface area contributed by atoms with Crippen LogP contribution >= 0.6 is 24.0 Å². The molecule has 4 aromatic rings. The van der Waals surface area contributed by atoms with E-state index in [0.717, 1.165) is 16.8 Å². The Balaban J connectivity index is 1.29. The van der Waals surface area contributed by atoms with Crippen LogP contribution < -0.4 is 4.74 Å². The molecule has 1 atom stereocenters. The Labute approximate surface area is 246 Å². The number of ether oxygens (including phenoxy) is 1. The number of halogens is 1. The number of thioether (sulfide) groups is 1. The monoisotopic (exact) mass is 605 g/mol. The number of rotatable bonds is 7. The van der Waals surface area contributed by atoms with Gasteiger partial charge in [-0.1, -0.05) is 54.3 Å². The third kappa shape index (κ3) is 5.97. The zero-order chi connectivity index (χ0) is 28.6. The average molecular weight is 606 g/mol. The number of sulfone groups is 1. The van der Waals surface area contributed by atoms with Gasteiger partial charge in [0.25, 0.3) is 5.91 Å². The predicted octanol–water partition coefficient (Wildman–Crippen LogP) is 5.65. The van der Waals surface area contributed by atoms with Crippen LogP contribution in [0.3, 0.4) is 0 Å². The fourth-order valence-corrected chi connectivity index (χ4v) is 7.89. The molecule has 0 N–H and O–H groups in total. The molecule has 208 valence electrons. The fraction of sp³-hybridized carbons (Fsp3) is 0.167. The number of carbonyl (C=O) groups is 1. The van der Waals surface area contributed by atoms with E-state index in [4.69, 9.17) is 22.1 Å². The van der Waals surface area contributed by atoms with Gasteiger partial charge in [0.15, 0.2) is 9.84 Å². The minimum atomic E-state index is -3.17. The standard InChI is InChI=1S/C30H24FN3O4S3/c31-23-10-6-20(7-11-23)18-38-26-12-8-21(9-13-26)28-22(17-33(32-28)24-4-2-1-3-5-24)16-27-29(35)34(30(39)40-27)25-14-15-41(36,37)19-25/h1-13,16-17,25H,14-15,18-19H2. The van der Waals surface area contributed by atoms with Gasteiger partial charge < -0.3 is 4.74 Å². The van der Waals surface area contributed by atoms with Gasteiger partial charge >= 0.3 is 0 Å². The molecule has 2 fully saturated rings. The van der Waals surface area contributed by atoms with Crippen LogP contribution in [0.4, 0.5) is 4.39 Å². The van der Waals surface area contributed by atoms with Crippen LogP contribution in [0.1, 0.15) is 17.5 Å². The first-order valence-electron chi connectivity index (χ1n) is 12.9. The van der Waals surface area contributed by atoms with E-state index in [1.54, 1.807) is 22.9 Å². The van der Waals surface area contributed by atoms with Crippen molar-refractivity contribution in [2.75, 3.05) is 11.5 Å². The quantitative estimate of drug-likeness (QED) is 0.199. The van der Waals surface area contributed by atoms with Gasteiger partial charge in [-0.15, -0.1) is 0 Å². The molecule has 0 spiro atoms. The van der Waals surface area contributed by atoms with E-state index in [-0.39, 0.29) is 23.2 Å². The highest BCUT2D eigenvalue weighted by Gasteiger charge is 2.42. The van der Waals surface area contributed by atoms with Crippen molar-refractivity contribution in [2.24, 2.45) is 0 Å². The molecule has 1 aromatic heterocycles. The first kappa shape index (κ1) is 27.4. The third-order valence-corrected chi connectivity index (χ3v) is 9.97. The van der Waals surface area contributed by atoms with Crippen molar-refractivity contribution >= 4 is 50.1 Å². The summed E-state index contributed by atoms with van der Waals surface area (Å²) in [6.07, 6.45) is 4.01. The number of hydrogen-bond donors (Lipinski definition) is 0. The van der Waals surface area contributed by atoms with Crippen LogP contribution in [0.15, 0.2) is 90.0 Å². The number of aromatic nitrogens is 2. The minimum Gasteiger partial charge on any atom is -0.489 e. The Bertz CT molecular complexity index is 1750. The molecule has 11 heteroatoms. The van der Waals surface area contributed by atoms with E-state index in [1.165, 1.54) is 28.8 Å². The van der Waals surface area contributed by atoms with Gasteiger partial charge in [-0.05, 0) is 66.6 Å². The number of hydrogen-bond acceptors (Lipinski definition) is 7. The van der Waals surface area contributed by atoms with Gasteiger partial charge in [0.1, 0.15) is 22.5 Å². The Morgan fingerprint density at radius 1 is 1.05 bits per heavy atom. The molecule has 41 heavy (non-hydrogen) atoms. The molecule has 0 bridgehead atoms. The van der Waals surface area contributed by atoms with Crippen molar-refractivity contribution in [3.05, 3.63) is 107 Å². The number of para-hydroxylation sites is 1. The number of thiocarbonyl (C=S) groups is 1. The van der Waals surface area contributed by atoms with E-state index in [9.17, 15) is 17.6 Å². The van der Waals surface area contributed by atoms with Crippen LogP contribution in [-0.2, 0) is 21.2 Å². The second-order valence-electron chi connectivity index (χ2n) is 9.76. The van der Waals surface area contributed by atoms with E-state index >= 15 is 0 Å². The molecule has 7 nitrogen and oxygen atoms in total. The predicted molar refractivity (Wildman–Crippen MR) is 162 cm³/mol. The Kier molecular flexibility index (Phi) is 7.50. The van der Waals surface area contributed by atoms with Crippen LogP contribution in [0, 0.1) is 5.82 Å². The highest BCUT2D eigenvalue weighted by molar-refractivity contribution is 8.26. The molecule has 2 aliphatic rings. The highest BCUT2D eigenvalue weighted by Crippen LogP contribution is 2.38. The first-order valence-corrected chi connectivity index (χ1v) is 15.9. The molecular weight excluding hydrogens is 582 g/mol. The fourth-order valence-electron chi connectivity index (χ4n) is 4.80. The maximum absolute atomic E-state index is 13.4. The van der Waals surface area contributed by atoms with Crippen LogP contribution in [0.25, 0.3) is 23.0 Å². The van der Waals surface area contributed by atoms with Crippen molar-refractivity contribution in [1.29, 1.82) is 0 Å². The summed E-state index contributed by atoms with van der Waals surface area (Å²) in [7, 11) is -3.17. The van der Waals surface area contributed by atoms with Crippen molar-refractivity contribution in [1.82, 2.24) is 14.7 Å².